The lowest BCUT2D eigenvalue weighted by atomic mass is 9.93. The summed E-state index contributed by atoms with van der Waals surface area (Å²) in [7, 11) is 1.50. The van der Waals surface area contributed by atoms with E-state index in [0.717, 1.165) is 43.2 Å². The Kier molecular flexibility index (Phi) is 7.83. The zero-order valence-corrected chi connectivity index (χ0v) is 20.2. The zero-order chi connectivity index (χ0) is 25.7. The van der Waals surface area contributed by atoms with Crippen molar-refractivity contribution in [2.45, 2.75) is 51.2 Å². The molecule has 0 spiro atoms. The minimum Gasteiger partial charge on any atom is -0.493 e. The molecule has 1 N–H and O–H groups in total. The number of carbonyl (C=O) groups excluding carboxylic acids is 3. The highest BCUT2D eigenvalue weighted by molar-refractivity contribution is 6.31. The van der Waals surface area contributed by atoms with Gasteiger partial charge in [-0.1, -0.05) is 37.5 Å². The van der Waals surface area contributed by atoms with Gasteiger partial charge in [-0.2, -0.15) is 0 Å². The number of carbonyl (C=O) groups is 3. The molecule has 0 atom stereocenters. The number of methoxy groups -OCH3 is 1. The molecular weight excluding hydrogens is 463 g/mol. The molecule has 36 heavy (non-hydrogen) atoms. The lowest BCUT2D eigenvalue weighted by molar-refractivity contribution is -0.132. The van der Waals surface area contributed by atoms with Crippen molar-refractivity contribution in [2.24, 2.45) is 0 Å². The number of hydrogen-bond acceptors (Lipinski definition) is 5. The fourth-order valence-electron chi connectivity index (χ4n) is 4.63. The highest BCUT2D eigenvalue weighted by atomic mass is 19.1. The Morgan fingerprint density at radius 2 is 1.83 bits per heavy atom. The Morgan fingerprint density at radius 1 is 1.11 bits per heavy atom. The first kappa shape index (κ1) is 25.2. The van der Waals surface area contributed by atoms with E-state index in [2.05, 4.69) is 11.9 Å². The van der Waals surface area contributed by atoms with Crippen LogP contribution in [0.4, 0.5) is 9.18 Å². The molecule has 0 unspecified atom stereocenters. The fourth-order valence-corrected chi connectivity index (χ4v) is 4.63. The molecule has 2 aliphatic rings. The lowest BCUT2D eigenvalue weighted by Gasteiger charge is -2.35. The second kappa shape index (κ2) is 11.2. The summed E-state index contributed by atoms with van der Waals surface area (Å²) < 4.78 is 24.8. The van der Waals surface area contributed by atoms with Gasteiger partial charge in [0, 0.05) is 11.6 Å². The van der Waals surface area contributed by atoms with E-state index in [1.807, 2.05) is 0 Å². The average Bonchev–Trinajstić information content (AvgIpc) is 2.87. The Bertz CT molecular complexity index is 1200. The minimum absolute atomic E-state index is 0.105. The van der Waals surface area contributed by atoms with Crippen LogP contribution in [0.1, 0.15) is 48.8 Å². The van der Waals surface area contributed by atoms with Gasteiger partial charge in [-0.3, -0.25) is 19.8 Å². The summed E-state index contributed by atoms with van der Waals surface area (Å²) in [6.45, 7) is 4.00. The van der Waals surface area contributed by atoms with Gasteiger partial charge in [0.25, 0.3) is 11.8 Å². The molecule has 7 nitrogen and oxygen atoms in total. The first-order valence-corrected chi connectivity index (χ1v) is 12.0. The molecule has 1 aliphatic carbocycles. The zero-order valence-electron chi connectivity index (χ0n) is 20.2. The SMILES string of the molecule is C=CCc1cc(C=C2C(=O)NC(=O)N(C3CCCCC3)C2=O)cc(OC)c1OCc1ccc(F)cc1. The minimum atomic E-state index is -0.724. The van der Waals surface area contributed by atoms with Crippen molar-refractivity contribution in [1.29, 1.82) is 0 Å². The summed E-state index contributed by atoms with van der Waals surface area (Å²) >= 11 is 0. The molecule has 4 amide bonds. The number of benzene rings is 2. The van der Waals surface area contributed by atoms with E-state index in [0.29, 0.717) is 23.5 Å². The summed E-state index contributed by atoms with van der Waals surface area (Å²) in [6.07, 6.45) is 8.04. The van der Waals surface area contributed by atoms with E-state index in [1.165, 1.54) is 30.2 Å². The predicted octanol–water partition coefficient (Wildman–Crippen LogP) is 4.94. The molecule has 1 saturated heterocycles. The van der Waals surface area contributed by atoms with Gasteiger partial charge in [0.1, 0.15) is 18.0 Å². The van der Waals surface area contributed by atoms with Crippen LogP contribution in [0.5, 0.6) is 11.5 Å². The lowest BCUT2D eigenvalue weighted by Crippen LogP contribution is -2.58. The van der Waals surface area contributed by atoms with Gasteiger partial charge in [0.15, 0.2) is 11.5 Å². The Balaban J connectivity index is 1.65. The largest absolute Gasteiger partial charge is 0.493 e. The third-order valence-electron chi connectivity index (χ3n) is 6.42. The predicted molar refractivity (Wildman–Crippen MR) is 133 cm³/mol. The maximum Gasteiger partial charge on any atom is 0.331 e. The molecule has 2 aromatic carbocycles. The van der Waals surface area contributed by atoms with Crippen molar-refractivity contribution < 1.29 is 28.2 Å². The molecule has 0 radical (unpaired) electrons. The van der Waals surface area contributed by atoms with E-state index in [4.69, 9.17) is 9.47 Å². The van der Waals surface area contributed by atoms with E-state index in [-0.39, 0.29) is 24.0 Å². The molecule has 2 fully saturated rings. The van der Waals surface area contributed by atoms with E-state index in [9.17, 15) is 18.8 Å². The van der Waals surface area contributed by atoms with Crippen LogP contribution in [-0.4, -0.2) is 35.9 Å². The van der Waals surface area contributed by atoms with Crippen LogP contribution >= 0.6 is 0 Å². The molecule has 1 heterocycles. The van der Waals surface area contributed by atoms with Crippen molar-refractivity contribution in [3.05, 3.63) is 77.1 Å². The number of ether oxygens (including phenoxy) is 2. The number of rotatable bonds is 8. The molecule has 1 aliphatic heterocycles. The van der Waals surface area contributed by atoms with E-state index in [1.54, 1.807) is 30.3 Å². The van der Waals surface area contributed by atoms with Crippen molar-refractivity contribution in [3.63, 3.8) is 0 Å². The maximum atomic E-state index is 13.2. The second-order valence-electron chi connectivity index (χ2n) is 8.90. The normalized spacial score (nSPS) is 17.8. The van der Waals surface area contributed by atoms with Crippen molar-refractivity contribution in [2.75, 3.05) is 7.11 Å². The van der Waals surface area contributed by atoms with Crippen LogP contribution in [0.15, 0.2) is 54.6 Å². The summed E-state index contributed by atoms with van der Waals surface area (Å²) in [5.74, 6) is -0.741. The molecule has 188 valence electrons. The summed E-state index contributed by atoms with van der Waals surface area (Å²) in [5.41, 5.74) is 1.97. The van der Waals surface area contributed by atoms with Crippen molar-refractivity contribution in [3.8, 4) is 11.5 Å². The number of barbiturate groups is 1. The molecule has 4 rings (SSSR count). The first-order valence-electron chi connectivity index (χ1n) is 12.0. The number of nitrogens with one attached hydrogen (secondary N) is 1. The van der Waals surface area contributed by atoms with Gasteiger partial charge < -0.3 is 9.47 Å². The third-order valence-corrected chi connectivity index (χ3v) is 6.42. The van der Waals surface area contributed by atoms with Gasteiger partial charge in [0.05, 0.1) is 7.11 Å². The van der Waals surface area contributed by atoms with Gasteiger partial charge in [-0.05, 0) is 60.7 Å². The van der Waals surface area contributed by atoms with Gasteiger partial charge in [0.2, 0.25) is 0 Å². The van der Waals surface area contributed by atoms with Crippen LogP contribution in [0, 0.1) is 5.82 Å². The second-order valence-corrected chi connectivity index (χ2v) is 8.90. The van der Waals surface area contributed by atoms with Gasteiger partial charge in [-0.15, -0.1) is 6.58 Å². The quantitative estimate of drug-likeness (QED) is 0.321. The van der Waals surface area contributed by atoms with Gasteiger partial charge in [-0.25, -0.2) is 9.18 Å². The summed E-state index contributed by atoms with van der Waals surface area (Å²) in [6, 6.07) is 8.59. The van der Waals surface area contributed by atoms with Gasteiger partial charge >= 0.3 is 6.03 Å². The summed E-state index contributed by atoms with van der Waals surface area (Å²) in [4.78, 5) is 39.5. The number of hydrogen-bond donors (Lipinski definition) is 1. The number of urea groups is 1. The monoisotopic (exact) mass is 492 g/mol. The third kappa shape index (κ3) is 5.48. The van der Waals surface area contributed by atoms with Crippen LogP contribution in [0.2, 0.25) is 0 Å². The molecule has 1 saturated carbocycles. The topological polar surface area (TPSA) is 84.9 Å². The summed E-state index contributed by atoms with van der Waals surface area (Å²) in [5, 5.41) is 2.31. The number of imide groups is 2. The van der Waals surface area contributed by atoms with Crippen molar-refractivity contribution >= 4 is 23.9 Å². The Hall–Kier alpha value is -3.94. The standard InChI is InChI=1S/C28H29FN2O5/c1-3-7-20-14-19(16-24(35-2)25(20)36-17-18-10-12-21(29)13-11-18)15-23-26(32)30-28(34)31(27(23)33)22-8-5-4-6-9-22/h3,10-16,22H,1,4-9,17H2,2H3,(H,30,32,34). The molecular formula is C28H29FN2O5. The number of nitrogens with zero attached hydrogens (tertiary/aromatic N) is 1. The maximum absolute atomic E-state index is 13.2. The molecule has 2 aromatic rings. The number of amides is 4. The smallest absolute Gasteiger partial charge is 0.331 e. The highest BCUT2D eigenvalue weighted by Crippen LogP contribution is 2.35. The van der Waals surface area contributed by atoms with E-state index < -0.39 is 17.8 Å². The molecule has 8 heteroatoms. The van der Waals surface area contributed by atoms with Crippen LogP contribution in [0.3, 0.4) is 0 Å². The van der Waals surface area contributed by atoms with Crippen LogP contribution < -0.4 is 14.8 Å². The first-order chi connectivity index (χ1) is 17.4. The highest BCUT2D eigenvalue weighted by Gasteiger charge is 2.40. The fraction of sp³-hybridized carbons (Fsp3) is 0.321. The molecule has 0 aromatic heterocycles. The Morgan fingerprint density at radius 3 is 2.50 bits per heavy atom. The van der Waals surface area contributed by atoms with Crippen molar-refractivity contribution in [1.82, 2.24) is 10.2 Å². The van der Waals surface area contributed by atoms with Crippen LogP contribution in [0.25, 0.3) is 6.08 Å². The van der Waals surface area contributed by atoms with Crippen LogP contribution in [-0.2, 0) is 22.6 Å². The average molecular weight is 493 g/mol. The number of halogens is 1. The molecule has 0 bridgehead atoms. The van der Waals surface area contributed by atoms with E-state index >= 15 is 0 Å². The Labute approximate surface area is 209 Å². The number of allylic oxidation sites excluding steroid dienone is 1.